The van der Waals surface area contributed by atoms with Crippen LogP contribution in [0.4, 0.5) is 10.1 Å². The molecule has 7 nitrogen and oxygen atoms in total. The Kier molecular flexibility index (Phi) is 10.6. The lowest BCUT2D eigenvalue weighted by Gasteiger charge is -2.33. The molecule has 2 atom stereocenters. The number of rotatable bonds is 9. The van der Waals surface area contributed by atoms with Gasteiger partial charge in [0.15, 0.2) is 6.61 Å². The summed E-state index contributed by atoms with van der Waals surface area (Å²) in [5.41, 5.74) is 0.666. The van der Waals surface area contributed by atoms with E-state index < -0.39 is 0 Å². The molecule has 2 heterocycles. The number of amides is 1. The number of carbonyl (C=O) groups excluding carboxylic acids is 2. The largest absolute Gasteiger partial charge is 0.481 e. The van der Waals surface area contributed by atoms with E-state index in [9.17, 15) is 14.0 Å². The molecule has 2 aliphatic heterocycles. The van der Waals surface area contributed by atoms with E-state index in [0.717, 1.165) is 51.2 Å². The van der Waals surface area contributed by atoms with Crippen LogP contribution in [0.25, 0.3) is 0 Å². The molecule has 1 amide bonds. The second-order valence-electron chi connectivity index (χ2n) is 9.65. The minimum absolute atomic E-state index is 0.0254. The number of carbonyl (C=O) groups is 2. The van der Waals surface area contributed by atoms with E-state index in [4.69, 9.17) is 9.47 Å². The van der Waals surface area contributed by atoms with E-state index in [2.05, 4.69) is 16.6 Å². The average Bonchev–Trinajstić information content (AvgIpc) is 3.03. The van der Waals surface area contributed by atoms with Gasteiger partial charge in [0.25, 0.3) is 12.4 Å². The third-order valence-corrected chi connectivity index (χ3v) is 6.97. The van der Waals surface area contributed by atoms with E-state index in [0.29, 0.717) is 43.1 Å². The Balaban J connectivity index is 0.000000302. The second kappa shape index (κ2) is 13.6. The molecule has 0 spiro atoms. The Morgan fingerprint density at radius 3 is 2.71 bits per heavy atom. The van der Waals surface area contributed by atoms with Crippen molar-refractivity contribution in [3.63, 3.8) is 0 Å². The summed E-state index contributed by atoms with van der Waals surface area (Å²) < 4.78 is 28.8. The van der Waals surface area contributed by atoms with Crippen LogP contribution in [0, 0.1) is 17.7 Å². The van der Waals surface area contributed by atoms with Crippen molar-refractivity contribution in [2.75, 3.05) is 51.4 Å². The molecule has 0 radical (unpaired) electrons. The van der Waals surface area contributed by atoms with E-state index >= 15 is 0 Å². The topological polar surface area (TPSA) is 68.3 Å². The molecule has 190 valence electrons. The maximum Gasteiger partial charge on any atom is 0.293 e. The molecule has 1 aromatic carbocycles. The van der Waals surface area contributed by atoms with Crippen LogP contribution in [0.1, 0.15) is 51.9 Å². The van der Waals surface area contributed by atoms with Crippen molar-refractivity contribution in [3.05, 3.63) is 24.0 Å². The van der Waals surface area contributed by atoms with Gasteiger partial charge in [0, 0.05) is 32.8 Å². The summed E-state index contributed by atoms with van der Waals surface area (Å²) >= 11 is 0. The Hall–Kier alpha value is -2.19. The van der Waals surface area contributed by atoms with Gasteiger partial charge in [-0.1, -0.05) is 26.2 Å². The summed E-state index contributed by atoms with van der Waals surface area (Å²) in [6.07, 6.45) is 8.78. The highest BCUT2D eigenvalue weighted by molar-refractivity contribution is 5.97. The van der Waals surface area contributed by atoms with Crippen LogP contribution < -0.4 is 9.64 Å². The molecule has 0 aromatic heterocycles. The van der Waals surface area contributed by atoms with E-state index in [1.54, 1.807) is 18.1 Å². The molecule has 34 heavy (non-hydrogen) atoms. The maximum absolute atomic E-state index is 13.4. The first-order valence-electron chi connectivity index (χ1n) is 12.5. The summed E-state index contributed by atoms with van der Waals surface area (Å²) in [5, 5.41) is 0. The molecule has 3 aliphatic rings. The van der Waals surface area contributed by atoms with Crippen LogP contribution in [0.3, 0.4) is 0 Å². The third-order valence-electron chi connectivity index (χ3n) is 6.97. The predicted molar refractivity (Wildman–Crippen MR) is 128 cm³/mol. The molecular formula is C26H39FN2O5. The van der Waals surface area contributed by atoms with E-state index in [-0.39, 0.29) is 18.3 Å². The number of ether oxygens (including phenoxy) is 3. The molecule has 4 rings (SSSR count). The van der Waals surface area contributed by atoms with Gasteiger partial charge in [-0.05, 0) is 56.2 Å². The smallest absolute Gasteiger partial charge is 0.293 e. The van der Waals surface area contributed by atoms with Gasteiger partial charge in [-0.3, -0.25) is 9.59 Å². The molecule has 1 aromatic rings. The molecule has 2 unspecified atom stereocenters. The molecule has 1 saturated carbocycles. The normalized spacial score (nSPS) is 21.8. The zero-order valence-electron chi connectivity index (χ0n) is 20.5. The number of likely N-dealkylation sites (tertiary alicyclic amines) is 1. The van der Waals surface area contributed by atoms with Crippen molar-refractivity contribution >= 4 is 18.1 Å². The fourth-order valence-corrected chi connectivity index (χ4v) is 4.80. The van der Waals surface area contributed by atoms with Gasteiger partial charge in [0.2, 0.25) is 0 Å². The van der Waals surface area contributed by atoms with Gasteiger partial charge in [-0.2, -0.15) is 0 Å². The summed E-state index contributed by atoms with van der Waals surface area (Å²) in [6.45, 7) is 6.94. The Labute approximate surface area is 202 Å². The quantitative estimate of drug-likeness (QED) is 0.394. The fourth-order valence-electron chi connectivity index (χ4n) is 4.80. The number of hydrogen-bond donors (Lipinski definition) is 0. The van der Waals surface area contributed by atoms with Crippen LogP contribution in [-0.2, 0) is 19.1 Å². The fraction of sp³-hybridized carbons (Fsp3) is 0.692. The highest BCUT2D eigenvalue weighted by atomic mass is 19.1. The van der Waals surface area contributed by atoms with Crippen LogP contribution >= 0.6 is 0 Å². The number of fused-ring (bicyclic) bond motifs is 1. The van der Waals surface area contributed by atoms with Gasteiger partial charge in [0.05, 0.1) is 18.4 Å². The number of nitrogens with zero attached hydrogens (tertiary/aromatic N) is 2. The summed E-state index contributed by atoms with van der Waals surface area (Å²) in [4.78, 5) is 26.1. The van der Waals surface area contributed by atoms with Crippen LogP contribution in [0.2, 0.25) is 0 Å². The average molecular weight is 479 g/mol. The number of methoxy groups -OCH3 is 1. The lowest BCUT2D eigenvalue weighted by molar-refractivity contribution is -0.129. The molecule has 1 aliphatic carbocycles. The SMILES string of the molecule is COC1CCCN(CC(C)CN2C(=O)COc3cc(F)ccc32)CC1.O=COCCC1CCC1. The minimum atomic E-state index is -0.349. The van der Waals surface area contributed by atoms with Crippen molar-refractivity contribution in [1.29, 1.82) is 0 Å². The van der Waals surface area contributed by atoms with Gasteiger partial charge in [0.1, 0.15) is 11.6 Å². The van der Waals surface area contributed by atoms with Gasteiger partial charge in [-0.15, -0.1) is 0 Å². The van der Waals surface area contributed by atoms with Crippen molar-refractivity contribution in [3.8, 4) is 5.75 Å². The molecule has 2 fully saturated rings. The number of anilines is 1. The van der Waals surface area contributed by atoms with Crippen molar-refractivity contribution in [2.24, 2.45) is 11.8 Å². The predicted octanol–water partition coefficient (Wildman–Crippen LogP) is 4.04. The molecular weight excluding hydrogens is 439 g/mol. The van der Waals surface area contributed by atoms with Crippen molar-refractivity contribution in [1.82, 2.24) is 4.90 Å². The lowest BCUT2D eigenvalue weighted by atomic mass is 9.83. The first-order chi connectivity index (χ1) is 16.5. The Morgan fingerprint density at radius 2 is 2.00 bits per heavy atom. The van der Waals surface area contributed by atoms with Gasteiger partial charge in [-0.25, -0.2) is 4.39 Å². The summed E-state index contributed by atoms with van der Waals surface area (Å²) in [6, 6.07) is 4.35. The molecule has 0 N–H and O–H groups in total. The standard InChI is InChI=1S/C19H27FN2O3.C7H12O2/c1-14(11-21-8-3-4-16(24-2)7-9-21)12-22-17-6-5-15(20)10-18(17)25-13-19(22)23;8-6-9-5-4-7-2-1-3-7/h5-6,10,14,16H,3-4,7-9,11-13H2,1-2H3;6-7H,1-5H2. The van der Waals surface area contributed by atoms with Crippen LogP contribution in [0.15, 0.2) is 18.2 Å². The van der Waals surface area contributed by atoms with Crippen LogP contribution in [-0.4, -0.2) is 69.9 Å². The van der Waals surface area contributed by atoms with Crippen LogP contribution in [0.5, 0.6) is 5.75 Å². The maximum atomic E-state index is 13.4. The number of hydrogen-bond acceptors (Lipinski definition) is 6. The lowest BCUT2D eigenvalue weighted by Crippen LogP contribution is -2.43. The van der Waals surface area contributed by atoms with Gasteiger partial charge < -0.3 is 24.0 Å². The highest BCUT2D eigenvalue weighted by Crippen LogP contribution is 2.33. The highest BCUT2D eigenvalue weighted by Gasteiger charge is 2.28. The second-order valence-corrected chi connectivity index (χ2v) is 9.65. The zero-order valence-corrected chi connectivity index (χ0v) is 20.5. The Bertz CT molecular complexity index is 788. The Morgan fingerprint density at radius 1 is 1.18 bits per heavy atom. The number of halogens is 1. The first-order valence-corrected chi connectivity index (χ1v) is 12.5. The minimum Gasteiger partial charge on any atom is -0.481 e. The molecule has 8 heteroatoms. The zero-order chi connectivity index (χ0) is 24.3. The van der Waals surface area contributed by atoms with E-state index in [1.165, 1.54) is 31.4 Å². The van der Waals surface area contributed by atoms with Gasteiger partial charge >= 0.3 is 0 Å². The third kappa shape index (κ3) is 7.94. The number of benzene rings is 1. The molecule has 0 bridgehead atoms. The molecule has 1 saturated heterocycles. The van der Waals surface area contributed by atoms with E-state index in [1.807, 2.05) is 0 Å². The summed E-state index contributed by atoms with van der Waals surface area (Å²) in [5.74, 6) is 1.20. The first kappa shape index (κ1) is 26.4. The van der Waals surface area contributed by atoms with Crippen molar-refractivity contribution < 1.29 is 28.2 Å². The monoisotopic (exact) mass is 478 g/mol. The van der Waals surface area contributed by atoms with Crippen molar-refractivity contribution in [2.45, 2.75) is 58.0 Å². The summed E-state index contributed by atoms with van der Waals surface area (Å²) in [7, 11) is 1.78.